The lowest BCUT2D eigenvalue weighted by Gasteiger charge is -2.38. The number of amides is 1. The van der Waals surface area contributed by atoms with Gasteiger partial charge in [0, 0.05) is 38.8 Å². The van der Waals surface area contributed by atoms with Gasteiger partial charge in [0.15, 0.2) is 0 Å². The maximum Gasteiger partial charge on any atom is 0.248 e. The summed E-state index contributed by atoms with van der Waals surface area (Å²) in [6.45, 7) is 5.83. The summed E-state index contributed by atoms with van der Waals surface area (Å²) in [6, 6.07) is 1.30. The number of hydrogen-bond donors (Lipinski definition) is 1. The Morgan fingerprint density at radius 3 is 2.65 bits per heavy atom. The molecule has 114 valence electrons. The zero-order chi connectivity index (χ0) is 13.9. The number of hydrogen-bond acceptors (Lipinski definition) is 4. The molecule has 1 N–H and O–H groups in total. The van der Waals surface area contributed by atoms with Crippen molar-refractivity contribution in [1.29, 1.82) is 0 Å². The quantitative estimate of drug-likeness (QED) is 0.805. The first-order valence-electron chi connectivity index (χ1n) is 8.01. The number of nitrogens with one attached hydrogen (secondary N) is 1. The largest absolute Gasteiger partial charge is 0.375 e. The molecule has 1 amide bonds. The van der Waals surface area contributed by atoms with Crippen LogP contribution in [-0.4, -0.2) is 74.2 Å². The molecule has 0 saturated carbocycles. The number of piperidine rings is 2. The zero-order valence-electron chi connectivity index (χ0n) is 12.5. The molecule has 3 heterocycles. The summed E-state index contributed by atoms with van der Waals surface area (Å²) in [5.41, 5.74) is 0. The third-order valence-electron chi connectivity index (χ3n) is 5.20. The van der Waals surface area contributed by atoms with Crippen LogP contribution in [-0.2, 0) is 9.53 Å². The van der Waals surface area contributed by atoms with Crippen LogP contribution in [0.15, 0.2) is 0 Å². The molecule has 0 aromatic carbocycles. The van der Waals surface area contributed by atoms with Crippen molar-refractivity contribution in [1.82, 2.24) is 15.1 Å². The van der Waals surface area contributed by atoms with Gasteiger partial charge in [0.05, 0.1) is 0 Å². The van der Waals surface area contributed by atoms with Crippen molar-refractivity contribution in [2.24, 2.45) is 5.92 Å². The van der Waals surface area contributed by atoms with Crippen LogP contribution in [0.25, 0.3) is 0 Å². The first-order chi connectivity index (χ1) is 9.76. The smallest absolute Gasteiger partial charge is 0.248 e. The molecule has 0 radical (unpaired) electrons. The second kappa shape index (κ2) is 6.41. The van der Waals surface area contributed by atoms with Gasteiger partial charge < -0.3 is 19.9 Å². The van der Waals surface area contributed by atoms with E-state index in [0.29, 0.717) is 12.1 Å². The van der Waals surface area contributed by atoms with Gasteiger partial charge in [0.1, 0.15) is 6.61 Å². The molecule has 3 fully saturated rings. The molecule has 0 aromatic rings. The Bertz CT molecular complexity index is 342. The number of carbonyl (C=O) groups excluding carboxylic acids is 1. The van der Waals surface area contributed by atoms with Crippen molar-refractivity contribution in [2.45, 2.75) is 37.8 Å². The lowest BCUT2D eigenvalue weighted by atomic mass is 9.92. The molecule has 3 saturated heterocycles. The number of ether oxygens (including phenoxy) is 1. The molecule has 0 spiro atoms. The van der Waals surface area contributed by atoms with Gasteiger partial charge >= 0.3 is 0 Å². The Hall–Kier alpha value is -0.650. The van der Waals surface area contributed by atoms with Gasteiger partial charge in [-0.25, -0.2) is 0 Å². The maximum absolute atomic E-state index is 11.8. The Morgan fingerprint density at radius 2 is 1.90 bits per heavy atom. The molecular formula is C15H27N3O2. The molecule has 20 heavy (non-hydrogen) atoms. The molecule has 0 aliphatic carbocycles. The summed E-state index contributed by atoms with van der Waals surface area (Å²) in [5, 5.41) is 3.88. The summed E-state index contributed by atoms with van der Waals surface area (Å²) in [7, 11) is 1.58. The number of rotatable bonds is 4. The minimum atomic E-state index is 0.134. The summed E-state index contributed by atoms with van der Waals surface area (Å²) < 4.78 is 4.93. The van der Waals surface area contributed by atoms with Gasteiger partial charge in [-0.05, 0) is 44.7 Å². The zero-order valence-corrected chi connectivity index (χ0v) is 12.5. The highest BCUT2D eigenvalue weighted by molar-refractivity contribution is 5.77. The van der Waals surface area contributed by atoms with Crippen LogP contribution in [0.2, 0.25) is 0 Å². The van der Waals surface area contributed by atoms with E-state index in [4.69, 9.17) is 4.74 Å². The minimum absolute atomic E-state index is 0.134. The summed E-state index contributed by atoms with van der Waals surface area (Å²) >= 11 is 0. The number of fused-ring (bicyclic) bond motifs is 2. The van der Waals surface area contributed by atoms with Gasteiger partial charge in [-0.15, -0.1) is 0 Å². The lowest BCUT2D eigenvalue weighted by Crippen LogP contribution is -2.52. The predicted molar refractivity (Wildman–Crippen MR) is 77.6 cm³/mol. The van der Waals surface area contributed by atoms with Gasteiger partial charge in [-0.1, -0.05) is 0 Å². The van der Waals surface area contributed by atoms with Gasteiger partial charge in [0.2, 0.25) is 5.91 Å². The van der Waals surface area contributed by atoms with Crippen molar-refractivity contribution in [3.63, 3.8) is 0 Å². The van der Waals surface area contributed by atoms with Crippen LogP contribution >= 0.6 is 0 Å². The molecule has 3 aliphatic rings. The van der Waals surface area contributed by atoms with Crippen LogP contribution in [0, 0.1) is 5.92 Å². The summed E-state index contributed by atoms with van der Waals surface area (Å²) in [4.78, 5) is 16.3. The van der Waals surface area contributed by atoms with Crippen LogP contribution in [0.1, 0.15) is 25.7 Å². The average molecular weight is 281 g/mol. The van der Waals surface area contributed by atoms with Crippen LogP contribution in [0.5, 0.6) is 0 Å². The van der Waals surface area contributed by atoms with Crippen LogP contribution in [0.3, 0.4) is 0 Å². The Kier molecular flexibility index (Phi) is 4.58. The molecule has 5 nitrogen and oxygen atoms in total. The molecule has 3 aliphatic heterocycles. The minimum Gasteiger partial charge on any atom is -0.375 e. The van der Waals surface area contributed by atoms with E-state index in [1.165, 1.54) is 32.5 Å². The predicted octanol–water partition coefficient (Wildman–Crippen LogP) is 0.308. The Morgan fingerprint density at radius 1 is 1.15 bits per heavy atom. The van der Waals surface area contributed by atoms with Crippen molar-refractivity contribution < 1.29 is 9.53 Å². The summed E-state index contributed by atoms with van der Waals surface area (Å²) in [5.74, 6) is 0.993. The highest BCUT2D eigenvalue weighted by Gasteiger charge is 2.35. The van der Waals surface area contributed by atoms with Gasteiger partial charge in [0.25, 0.3) is 0 Å². The van der Waals surface area contributed by atoms with Crippen molar-refractivity contribution in [3.8, 4) is 0 Å². The normalized spacial score (nSPS) is 34.5. The maximum atomic E-state index is 11.8. The highest BCUT2D eigenvalue weighted by Crippen LogP contribution is 2.28. The van der Waals surface area contributed by atoms with E-state index >= 15 is 0 Å². The third kappa shape index (κ3) is 3.15. The average Bonchev–Trinajstić information content (AvgIpc) is 2.86. The first-order valence-corrected chi connectivity index (χ1v) is 8.01. The molecule has 0 aromatic heterocycles. The standard InChI is InChI=1S/C15H27N3O2/c1-20-11-15(19)18-8-3-13(4-9-18)16-14-5-7-17-6-2-12(14)10-17/h12-14,16H,2-11H2,1H3. The third-order valence-corrected chi connectivity index (χ3v) is 5.20. The topological polar surface area (TPSA) is 44.8 Å². The van der Waals surface area contributed by atoms with Crippen molar-refractivity contribution in [3.05, 3.63) is 0 Å². The lowest BCUT2D eigenvalue weighted by molar-refractivity contribution is -0.136. The fourth-order valence-corrected chi connectivity index (χ4v) is 3.98. The van der Waals surface area contributed by atoms with E-state index < -0.39 is 0 Å². The van der Waals surface area contributed by atoms with E-state index in [1.54, 1.807) is 7.11 Å². The second-order valence-electron chi connectivity index (χ2n) is 6.50. The number of carbonyl (C=O) groups is 1. The van der Waals surface area contributed by atoms with Crippen molar-refractivity contribution >= 4 is 5.91 Å². The number of methoxy groups -OCH3 is 1. The van der Waals surface area contributed by atoms with E-state index in [2.05, 4.69) is 10.2 Å². The van der Waals surface area contributed by atoms with Gasteiger partial charge in [-0.3, -0.25) is 4.79 Å². The van der Waals surface area contributed by atoms with E-state index in [1.807, 2.05) is 4.90 Å². The van der Waals surface area contributed by atoms with Crippen molar-refractivity contribution in [2.75, 3.05) is 46.4 Å². The SMILES string of the molecule is COCC(=O)N1CCC(NC2CCN3CCC2C3)CC1. The van der Waals surface area contributed by atoms with E-state index in [-0.39, 0.29) is 12.5 Å². The van der Waals surface area contributed by atoms with Gasteiger partial charge in [-0.2, -0.15) is 0 Å². The summed E-state index contributed by atoms with van der Waals surface area (Å²) in [6.07, 6.45) is 4.83. The molecular weight excluding hydrogens is 254 g/mol. The Balaban J connectivity index is 1.43. The fourth-order valence-electron chi connectivity index (χ4n) is 3.98. The fraction of sp³-hybridized carbons (Fsp3) is 0.933. The van der Waals surface area contributed by atoms with Crippen LogP contribution in [0.4, 0.5) is 0 Å². The number of nitrogens with zero attached hydrogens (tertiary/aromatic N) is 2. The number of likely N-dealkylation sites (tertiary alicyclic amines) is 1. The molecule has 3 atom stereocenters. The second-order valence-corrected chi connectivity index (χ2v) is 6.50. The monoisotopic (exact) mass is 281 g/mol. The Labute approximate surface area is 121 Å². The van der Waals surface area contributed by atoms with Crippen LogP contribution < -0.4 is 5.32 Å². The van der Waals surface area contributed by atoms with E-state index in [9.17, 15) is 4.79 Å². The molecule has 3 rings (SSSR count). The molecule has 2 bridgehead atoms. The first kappa shape index (κ1) is 14.3. The molecule has 5 heteroatoms. The van der Waals surface area contributed by atoms with E-state index in [0.717, 1.165) is 31.8 Å². The highest BCUT2D eigenvalue weighted by atomic mass is 16.5. The molecule has 3 unspecified atom stereocenters.